The van der Waals surface area contributed by atoms with Gasteiger partial charge in [0.25, 0.3) is 0 Å². The van der Waals surface area contributed by atoms with Crippen molar-refractivity contribution in [3.63, 3.8) is 0 Å². The van der Waals surface area contributed by atoms with E-state index in [-0.39, 0.29) is 0 Å². The summed E-state index contributed by atoms with van der Waals surface area (Å²) in [5, 5.41) is 5.33. The van der Waals surface area contributed by atoms with Crippen LogP contribution in [0.1, 0.15) is 11.1 Å². The Morgan fingerprint density at radius 2 is 1.34 bits per heavy atom. The number of aromatic nitrogens is 3. The predicted octanol–water partition coefficient (Wildman–Crippen LogP) is 9.51. The van der Waals surface area contributed by atoms with E-state index in [1.807, 2.05) is 0 Å². The van der Waals surface area contributed by atoms with E-state index in [1.54, 1.807) is 0 Å². The fourth-order valence-corrected chi connectivity index (χ4v) is 6.81. The third-order valence-corrected chi connectivity index (χ3v) is 8.49. The summed E-state index contributed by atoms with van der Waals surface area (Å²) in [6, 6.07) is 45.6. The first-order chi connectivity index (χ1) is 20.3. The zero-order valence-corrected chi connectivity index (χ0v) is 22.3. The van der Waals surface area contributed by atoms with Gasteiger partial charge in [-0.05, 0) is 76.9 Å². The van der Waals surface area contributed by atoms with Crippen LogP contribution in [0.5, 0.6) is 0 Å². The lowest BCUT2D eigenvalue weighted by atomic mass is 9.90. The monoisotopic (exact) mass is 523 g/mol. The van der Waals surface area contributed by atoms with Crippen LogP contribution in [0.2, 0.25) is 0 Å². The highest BCUT2D eigenvalue weighted by atomic mass is 15.1. The first-order valence-electron chi connectivity index (χ1n) is 14.1. The largest absolute Gasteiger partial charge is 0.309 e. The van der Waals surface area contributed by atoms with Crippen molar-refractivity contribution in [2.45, 2.75) is 6.42 Å². The molecule has 0 radical (unpaired) electrons. The molecule has 0 unspecified atom stereocenters. The van der Waals surface area contributed by atoms with Crippen LogP contribution in [0.15, 0.2) is 133 Å². The van der Waals surface area contributed by atoms with Gasteiger partial charge in [-0.25, -0.2) is 4.98 Å². The molecule has 0 saturated heterocycles. The third-order valence-electron chi connectivity index (χ3n) is 8.49. The van der Waals surface area contributed by atoms with Gasteiger partial charge in [0.1, 0.15) is 5.82 Å². The molecular formula is C38H25N3. The van der Waals surface area contributed by atoms with E-state index < -0.39 is 0 Å². The number of rotatable bonds is 3. The molecule has 1 aliphatic carbocycles. The highest BCUT2D eigenvalue weighted by Gasteiger charge is 2.21. The van der Waals surface area contributed by atoms with Crippen LogP contribution in [-0.4, -0.2) is 14.1 Å². The molecule has 2 heterocycles. The van der Waals surface area contributed by atoms with Gasteiger partial charge in [-0.2, -0.15) is 0 Å². The number of benzene rings is 6. The summed E-state index contributed by atoms with van der Waals surface area (Å²) in [5.41, 5.74) is 10.6. The second-order valence-electron chi connectivity index (χ2n) is 10.8. The molecule has 0 amide bonds. The van der Waals surface area contributed by atoms with E-state index >= 15 is 0 Å². The molecule has 3 heteroatoms. The van der Waals surface area contributed by atoms with Crippen molar-refractivity contribution in [1.29, 1.82) is 0 Å². The van der Waals surface area contributed by atoms with Crippen molar-refractivity contribution in [2.75, 3.05) is 0 Å². The van der Waals surface area contributed by atoms with Gasteiger partial charge >= 0.3 is 0 Å². The first kappa shape index (κ1) is 22.4. The van der Waals surface area contributed by atoms with Crippen LogP contribution in [0.4, 0.5) is 0 Å². The van der Waals surface area contributed by atoms with Crippen molar-refractivity contribution in [3.8, 4) is 22.8 Å². The minimum Gasteiger partial charge on any atom is -0.309 e. The van der Waals surface area contributed by atoms with Gasteiger partial charge < -0.3 is 4.57 Å². The Morgan fingerprint density at radius 1 is 0.561 bits per heavy atom. The second kappa shape index (κ2) is 8.54. The lowest BCUT2D eigenvalue weighted by Crippen LogP contribution is -1.99. The lowest BCUT2D eigenvalue weighted by Gasteiger charge is -2.16. The van der Waals surface area contributed by atoms with Crippen molar-refractivity contribution in [2.24, 2.45) is 0 Å². The molecule has 0 aliphatic heterocycles. The highest BCUT2D eigenvalue weighted by molar-refractivity contribution is 6.17. The number of para-hydroxylation sites is 4. The second-order valence-corrected chi connectivity index (χ2v) is 10.8. The minimum absolute atomic E-state index is 0.940. The highest BCUT2D eigenvalue weighted by Crippen LogP contribution is 2.41. The molecule has 0 spiro atoms. The Balaban J connectivity index is 1.34. The van der Waals surface area contributed by atoms with Crippen molar-refractivity contribution in [1.82, 2.24) is 14.1 Å². The maximum Gasteiger partial charge on any atom is 0.145 e. The normalized spacial score (nSPS) is 12.7. The number of allylic oxidation sites excluding steroid dienone is 1. The molecule has 192 valence electrons. The van der Waals surface area contributed by atoms with Crippen LogP contribution in [-0.2, 0) is 6.42 Å². The van der Waals surface area contributed by atoms with E-state index in [2.05, 4.69) is 149 Å². The molecule has 41 heavy (non-hydrogen) atoms. The van der Waals surface area contributed by atoms with Crippen molar-refractivity contribution >= 4 is 49.7 Å². The standard InChI is InChI=1S/C38H25N3/c1-2-15-28(16-3-1)41-34-22-7-5-20-32(34)39-38(41)27-14-9-17-29(23-27)40-33-21-6-4-18-30(33)37-31-19-10-12-25-11-8-13-26(36(25)31)24-35(37)40/h1-18,20-24H,19H2. The summed E-state index contributed by atoms with van der Waals surface area (Å²) in [6.07, 6.45) is 5.51. The van der Waals surface area contributed by atoms with Crippen LogP contribution in [0, 0.1) is 0 Å². The number of nitrogens with zero attached hydrogens (tertiary/aromatic N) is 3. The number of hydrogen-bond donors (Lipinski definition) is 0. The molecule has 1 aliphatic rings. The molecule has 8 aromatic rings. The number of imidazole rings is 1. The summed E-state index contributed by atoms with van der Waals surface area (Å²) in [7, 11) is 0. The summed E-state index contributed by atoms with van der Waals surface area (Å²) >= 11 is 0. The molecular weight excluding hydrogens is 498 g/mol. The van der Waals surface area contributed by atoms with Gasteiger partial charge in [0.2, 0.25) is 0 Å². The molecule has 0 atom stereocenters. The Hall–Kier alpha value is -5.41. The van der Waals surface area contributed by atoms with E-state index in [0.717, 1.165) is 40.2 Å². The van der Waals surface area contributed by atoms with Gasteiger partial charge in [-0.1, -0.05) is 91.0 Å². The fraction of sp³-hybridized carbons (Fsp3) is 0.0263. The average molecular weight is 524 g/mol. The predicted molar refractivity (Wildman–Crippen MR) is 171 cm³/mol. The average Bonchev–Trinajstić information content (AvgIpc) is 3.58. The van der Waals surface area contributed by atoms with Crippen LogP contribution >= 0.6 is 0 Å². The Morgan fingerprint density at radius 3 is 2.27 bits per heavy atom. The van der Waals surface area contributed by atoms with Crippen molar-refractivity contribution < 1.29 is 0 Å². The van der Waals surface area contributed by atoms with Crippen LogP contribution < -0.4 is 0 Å². The molecule has 2 aromatic heterocycles. The molecule has 9 rings (SSSR count). The quantitative estimate of drug-likeness (QED) is 0.226. The molecule has 3 nitrogen and oxygen atoms in total. The summed E-state index contributed by atoms with van der Waals surface area (Å²) in [4.78, 5) is 5.14. The van der Waals surface area contributed by atoms with Gasteiger partial charge in [0.05, 0.1) is 22.1 Å². The lowest BCUT2D eigenvalue weighted by molar-refractivity contribution is 1.10. The van der Waals surface area contributed by atoms with E-state index in [1.165, 1.54) is 43.7 Å². The topological polar surface area (TPSA) is 22.8 Å². The molecule has 0 N–H and O–H groups in total. The number of hydrogen-bond acceptors (Lipinski definition) is 1. The molecule has 0 bridgehead atoms. The summed E-state index contributed by atoms with van der Waals surface area (Å²) in [6.45, 7) is 0. The fourth-order valence-electron chi connectivity index (χ4n) is 6.81. The van der Waals surface area contributed by atoms with E-state index in [0.29, 0.717) is 0 Å². The third kappa shape index (κ3) is 3.23. The van der Waals surface area contributed by atoms with Gasteiger partial charge in [0, 0.05) is 27.7 Å². The maximum absolute atomic E-state index is 5.14. The number of fused-ring (bicyclic) bond motifs is 5. The van der Waals surface area contributed by atoms with Gasteiger partial charge in [0.15, 0.2) is 0 Å². The van der Waals surface area contributed by atoms with Crippen LogP contribution in [0.3, 0.4) is 0 Å². The Kier molecular flexibility index (Phi) is 4.67. The summed E-state index contributed by atoms with van der Waals surface area (Å²) in [5.74, 6) is 0.940. The SMILES string of the molecule is C1=Cc2cccc3cc4c(c(c23)C1)c1ccccc1n4-c1cccc(-c2nc3ccccc3n2-c2ccccc2)c1. The molecule has 0 fully saturated rings. The smallest absolute Gasteiger partial charge is 0.145 e. The molecule has 6 aromatic carbocycles. The summed E-state index contributed by atoms with van der Waals surface area (Å²) < 4.78 is 4.70. The maximum atomic E-state index is 5.14. The first-order valence-corrected chi connectivity index (χ1v) is 14.1. The minimum atomic E-state index is 0.940. The zero-order chi connectivity index (χ0) is 26.9. The Bertz CT molecular complexity index is 2330. The van der Waals surface area contributed by atoms with Crippen molar-refractivity contribution in [3.05, 3.63) is 145 Å². The van der Waals surface area contributed by atoms with Gasteiger partial charge in [-0.3, -0.25) is 4.57 Å². The zero-order valence-electron chi connectivity index (χ0n) is 22.3. The Labute approximate surface area is 237 Å². The van der Waals surface area contributed by atoms with Gasteiger partial charge in [-0.15, -0.1) is 0 Å². The van der Waals surface area contributed by atoms with E-state index in [4.69, 9.17) is 4.98 Å². The molecule has 0 saturated carbocycles. The van der Waals surface area contributed by atoms with E-state index in [9.17, 15) is 0 Å². The van der Waals surface area contributed by atoms with Crippen LogP contribution in [0.25, 0.3) is 72.5 Å².